The first-order chi connectivity index (χ1) is 8.79. The molecule has 1 saturated heterocycles. The Hall–Kier alpha value is -1.30. The number of amides is 1. The van der Waals surface area contributed by atoms with E-state index in [1.54, 1.807) is 13.8 Å². The summed E-state index contributed by atoms with van der Waals surface area (Å²) in [5.41, 5.74) is 0.870. The summed E-state index contributed by atoms with van der Waals surface area (Å²) in [5.74, 6) is -0.901. The molecule has 1 amide bonds. The van der Waals surface area contributed by atoms with E-state index < -0.39 is 17.5 Å². The minimum absolute atomic E-state index is 0.328. The Morgan fingerprint density at radius 2 is 2.11 bits per heavy atom. The maximum absolute atomic E-state index is 11.5. The second-order valence-corrected chi connectivity index (χ2v) is 5.99. The fourth-order valence-corrected chi connectivity index (χ4v) is 3.60. The average molecular weight is 330 g/mol. The van der Waals surface area contributed by atoms with Crippen molar-refractivity contribution in [3.05, 3.63) is 21.7 Å². The maximum atomic E-state index is 11.5. The van der Waals surface area contributed by atoms with E-state index in [0.717, 1.165) is 11.1 Å². The summed E-state index contributed by atoms with van der Waals surface area (Å²) in [7, 11) is 0. The molecule has 0 aromatic rings. The molecule has 104 valence electrons. The molecule has 0 bridgehead atoms. The zero-order valence-corrected chi connectivity index (χ0v) is 12.4. The van der Waals surface area contributed by atoms with E-state index in [1.807, 2.05) is 6.08 Å². The van der Waals surface area contributed by atoms with Crippen molar-refractivity contribution in [1.82, 2.24) is 4.90 Å². The highest BCUT2D eigenvalue weighted by Crippen LogP contribution is 2.47. The molecule has 0 aromatic carbocycles. The maximum Gasteiger partial charge on any atom is 0.407 e. The lowest BCUT2D eigenvalue weighted by Crippen LogP contribution is -2.45. The molecule has 1 aliphatic carbocycles. The van der Waals surface area contributed by atoms with Gasteiger partial charge in [0.2, 0.25) is 0 Å². The number of hydrogen-bond acceptors (Lipinski definition) is 2. The van der Waals surface area contributed by atoms with Crippen LogP contribution in [0, 0.1) is 5.41 Å². The predicted molar refractivity (Wildman–Crippen MR) is 73.2 cm³/mol. The minimum Gasteiger partial charge on any atom is -0.481 e. The minimum atomic E-state index is -1.01. The van der Waals surface area contributed by atoms with Gasteiger partial charge in [-0.15, -0.1) is 0 Å². The zero-order chi connectivity index (χ0) is 14.4. The van der Waals surface area contributed by atoms with Crippen molar-refractivity contribution in [2.75, 3.05) is 6.54 Å². The van der Waals surface area contributed by atoms with E-state index in [4.69, 9.17) is 0 Å². The van der Waals surface area contributed by atoms with Crippen molar-refractivity contribution in [2.24, 2.45) is 5.41 Å². The van der Waals surface area contributed by atoms with Gasteiger partial charge in [0.15, 0.2) is 0 Å². The van der Waals surface area contributed by atoms with Crippen molar-refractivity contribution in [2.45, 2.75) is 32.7 Å². The number of piperidine rings is 1. The third kappa shape index (κ3) is 2.08. The molecule has 5 nitrogen and oxygen atoms in total. The molecule has 1 heterocycles. The number of nitrogens with zero attached hydrogens (tertiary/aromatic N) is 1. The van der Waals surface area contributed by atoms with Crippen molar-refractivity contribution >= 4 is 28.0 Å². The first kappa shape index (κ1) is 14.1. The number of fused-ring (bicyclic) bond motifs is 1. The molecule has 1 aliphatic heterocycles. The number of carbonyl (C=O) groups is 2. The largest absolute Gasteiger partial charge is 0.481 e. The number of hydrogen-bond donors (Lipinski definition) is 2. The molecule has 2 atom stereocenters. The van der Waals surface area contributed by atoms with Gasteiger partial charge in [-0.05, 0) is 37.8 Å². The molecule has 6 heteroatoms. The summed E-state index contributed by atoms with van der Waals surface area (Å²) in [6.45, 7) is 3.91. The standard InChI is InChI=1S/C13H16BrNO4/c1-7-9-8(4-6-15(7)12(18)19)3-5-13(2,10(9)14)11(16)17/h3,7H,4-6H2,1-2H3,(H,16,17)(H,18,19). The van der Waals surface area contributed by atoms with Gasteiger partial charge in [-0.1, -0.05) is 22.0 Å². The number of carboxylic acids is 1. The number of rotatable bonds is 1. The van der Waals surface area contributed by atoms with E-state index in [0.29, 0.717) is 23.9 Å². The van der Waals surface area contributed by atoms with Gasteiger partial charge in [0.05, 0.1) is 6.04 Å². The lowest BCUT2D eigenvalue weighted by Gasteiger charge is -2.41. The van der Waals surface area contributed by atoms with Gasteiger partial charge in [-0.2, -0.15) is 0 Å². The lowest BCUT2D eigenvalue weighted by atomic mass is 9.75. The lowest BCUT2D eigenvalue weighted by molar-refractivity contribution is -0.145. The normalized spacial score (nSPS) is 30.8. The summed E-state index contributed by atoms with van der Waals surface area (Å²) in [4.78, 5) is 24.0. The number of allylic oxidation sites excluding steroid dienone is 1. The van der Waals surface area contributed by atoms with Crippen molar-refractivity contribution in [1.29, 1.82) is 0 Å². The van der Waals surface area contributed by atoms with Gasteiger partial charge in [-0.3, -0.25) is 4.79 Å². The summed E-state index contributed by atoms with van der Waals surface area (Å²) in [6.07, 6.45) is 2.03. The third-order valence-electron chi connectivity index (χ3n) is 4.05. The van der Waals surface area contributed by atoms with Crippen LogP contribution in [0.25, 0.3) is 0 Å². The van der Waals surface area contributed by atoms with Crippen LogP contribution < -0.4 is 0 Å². The van der Waals surface area contributed by atoms with Crippen LogP contribution in [0.3, 0.4) is 0 Å². The molecule has 2 rings (SSSR count). The van der Waals surface area contributed by atoms with Crippen LogP contribution >= 0.6 is 15.9 Å². The Bertz CT molecular complexity index is 511. The Morgan fingerprint density at radius 3 is 2.63 bits per heavy atom. The van der Waals surface area contributed by atoms with Crippen LogP contribution in [0.4, 0.5) is 4.79 Å². The van der Waals surface area contributed by atoms with E-state index in [-0.39, 0.29) is 6.04 Å². The highest BCUT2D eigenvalue weighted by molar-refractivity contribution is 9.11. The summed E-state index contributed by atoms with van der Waals surface area (Å²) >= 11 is 3.41. The van der Waals surface area contributed by atoms with Crippen molar-refractivity contribution < 1.29 is 19.8 Å². The smallest absolute Gasteiger partial charge is 0.407 e. The van der Waals surface area contributed by atoms with Gasteiger partial charge in [-0.25, -0.2) is 4.79 Å². The van der Waals surface area contributed by atoms with Crippen molar-refractivity contribution in [3.63, 3.8) is 0 Å². The molecule has 2 aliphatic rings. The fourth-order valence-electron chi connectivity index (χ4n) is 2.69. The van der Waals surface area contributed by atoms with Gasteiger partial charge in [0.25, 0.3) is 0 Å². The van der Waals surface area contributed by atoms with Crippen LogP contribution in [-0.2, 0) is 4.79 Å². The molecule has 0 saturated carbocycles. The molecule has 0 radical (unpaired) electrons. The number of carboxylic acid groups (broad SMARTS) is 2. The van der Waals surface area contributed by atoms with Crippen LogP contribution in [0.15, 0.2) is 21.7 Å². The van der Waals surface area contributed by atoms with Gasteiger partial charge in [0, 0.05) is 11.0 Å². The summed E-state index contributed by atoms with van der Waals surface area (Å²) < 4.78 is 0.600. The Kier molecular flexibility index (Phi) is 3.47. The molecule has 19 heavy (non-hydrogen) atoms. The summed E-state index contributed by atoms with van der Waals surface area (Å²) in [6, 6.07) is -0.328. The SMILES string of the molecule is CC1C2=C(Br)C(C)(C(=O)O)CC=C2CCN1C(=O)O. The Morgan fingerprint density at radius 1 is 1.47 bits per heavy atom. The number of aliphatic carboxylic acids is 1. The average Bonchev–Trinajstić information content (AvgIpc) is 2.33. The van der Waals surface area contributed by atoms with Crippen LogP contribution in [-0.4, -0.2) is 39.8 Å². The predicted octanol–water partition coefficient (Wildman–Crippen LogP) is 2.83. The molecule has 2 N–H and O–H groups in total. The van der Waals surface area contributed by atoms with Crippen LogP contribution in [0.5, 0.6) is 0 Å². The monoisotopic (exact) mass is 329 g/mol. The van der Waals surface area contributed by atoms with E-state index in [1.165, 1.54) is 4.90 Å². The molecular formula is C13H16BrNO4. The van der Waals surface area contributed by atoms with Crippen LogP contribution in [0.1, 0.15) is 26.7 Å². The first-order valence-corrected chi connectivity index (χ1v) is 6.91. The Balaban J connectivity index is 2.49. The van der Waals surface area contributed by atoms with Gasteiger partial charge >= 0.3 is 12.1 Å². The highest BCUT2D eigenvalue weighted by Gasteiger charge is 2.43. The van der Waals surface area contributed by atoms with E-state index >= 15 is 0 Å². The molecule has 1 fully saturated rings. The molecule has 0 spiro atoms. The van der Waals surface area contributed by atoms with E-state index in [9.17, 15) is 19.8 Å². The van der Waals surface area contributed by atoms with Gasteiger partial charge in [0.1, 0.15) is 5.41 Å². The second kappa shape index (κ2) is 4.67. The highest BCUT2D eigenvalue weighted by atomic mass is 79.9. The van der Waals surface area contributed by atoms with Gasteiger partial charge < -0.3 is 15.1 Å². The molecular weight excluding hydrogens is 314 g/mol. The Labute approximate surface area is 119 Å². The van der Waals surface area contributed by atoms with Crippen LogP contribution in [0.2, 0.25) is 0 Å². The molecule has 0 aromatic heterocycles. The number of halogens is 1. The third-order valence-corrected chi connectivity index (χ3v) is 5.35. The quantitative estimate of drug-likeness (QED) is 0.775. The molecule has 2 unspecified atom stereocenters. The van der Waals surface area contributed by atoms with Crippen molar-refractivity contribution in [3.8, 4) is 0 Å². The topological polar surface area (TPSA) is 77.8 Å². The second-order valence-electron chi connectivity index (χ2n) is 5.20. The zero-order valence-electron chi connectivity index (χ0n) is 10.8. The number of likely N-dealkylation sites (tertiary alicyclic amines) is 1. The fraction of sp³-hybridized carbons (Fsp3) is 0.538. The van der Waals surface area contributed by atoms with E-state index in [2.05, 4.69) is 15.9 Å². The first-order valence-electron chi connectivity index (χ1n) is 6.11. The summed E-state index contributed by atoms with van der Waals surface area (Å²) in [5, 5.41) is 18.6.